The van der Waals surface area contributed by atoms with Gasteiger partial charge in [0.1, 0.15) is 18.2 Å². The van der Waals surface area contributed by atoms with Crippen molar-refractivity contribution in [2.75, 3.05) is 6.54 Å². The fourth-order valence-corrected chi connectivity index (χ4v) is 4.52. The molecule has 4 rings (SSSR count). The highest BCUT2D eigenvalue weighted by Gasteiger charge is 2.52. The molecule has 2 bridgehead atoms. The number of carbonyl (C=O) groups is 2. The smallest absolute Gasteiger partial charge is 0.411 e. The van der Waals surface area contributed by atoms with Gasteiger partial charge >= 0.3 is 6.09 Å². The number of piperidine rings is 1. The lowest BCUT2D eigenvalue weighted by Crippen LogP contribution is -2.53. The van der Waals surface area contributed by atoms with Gasteiger partial charge in [0.25, 0.3) is 0 Å². The van der Waals surface area contributed by atoms with E-state index >= 15 is 0 Å². The fraction of sp³-hybridized carbons (Fsp3) is 0.520. The zero-order chi connectivity index (χ0) is 24.2. The Balaban J connectivity index is 0.000000203. The van der Waals surface area contributed by atoms with Gasteiger partial charge in [0.15, 0.2) is 0 Å². The quantitative estimate of drug-likeness (QED) is 0.715. The number of benzene rings is 1. The highest BCUT2D eigenvalue weighted by Crippen LogP contribution is 2.43. The predicted octanol–water partition coefficient (Wildman–Crippen LogP) is 3.81. The van der Waals surface area contributed by atoms with Gasteiger partial charge in [0, 0.05) is 19.3 Å². The third kappa shape index (κ3) is 5.92. The Morgan fingerprint density at radius 1 is 1.21 bits per heavy atom. The van der Waals surface area contributed by atoms with Crippen molar-refractivity contribution in [1.29, 1.82) is 5.26 Å². The van der Waals surface area contributed by atoms with E-state index in [1.807, 2.05) is 50.8 Å². The van der Waals surface area contributed by atoms with Crippen molar-refractivity contribution >= 4 is 12.0 Å². The molecule has 2 fully saturated rings. The van der Waals surface area contributed by atoms with Gasteiger partial charge in [-0.05, 0) is 64.5 Å². The molecule has 1 N–H and O–H groups in total. The van der Waals surface area contributed by atoms with Crippen molar-refractivity contribution in [1.82, 2.24) is 20.0 Å². The Morgan fingerprint density at radius 2 is 1.91 bits per heavy atom. The van der Waals surface area contributed by atoms with Crippen LogP contribution >= 0.6 is 0 Å². The second-order valence-electron chi connectivity index (χ2n) is 9.64. The van der Waals surface area contributed by atoms with Crippen LogP contribution in [0.2, 0.25) is 0 Å². The largest absolute Gasteiger partial charge is 0.444 e. The number of fused-ring (bicyclic) bond motifs is 2. The van der Waals surface area contributed by atoms with Crippen LogP contribution in [0.5, 0.6) is 0 Å². The molecule has 8 nitrogen and oxygen atoms in total. The predicted molar refractivity (Wildman–Crippen MR) is 125 cm³/mol. The van der Waals surface area contributed by atoms with Crippen LogP contribution in [-0.2, 0) is 16.6 Å². The zero-order valence-electron chi connectivity index (χ0n) is 20.0. The summed E-state index contributed by atoms with van der Waals surface area (Å²) in [6, 6.07) is 12.0. The average Bonchev–Trinajstić information content (AvgIpc) is 3.48. The van der Waals surface area contributed by atoms with Crippen molar-refractivity contribution in [2.24, 2.45) is 13.0 Å². The molecule has 0 radical (unpaired) electrons. The summed E-state index contributed by atoms with van der Waals surface area (Å²) in [4.78, 5) is 26.0. The number of likely N-dealkylation sites (tertiary alicyclic amines) is 1. The molecule has 2 heterocycles. The second-order valence-corrected chi connectivity index (χ2v) is 9.64. The lowest BCUT2D eigenvalue weighted by Gasteiger charge is -2.35. The van der Waals surface area contributed by atoms with Crippen molar-refractivity contribution in [3.8, 4) is 17.3 Å². The number of hydrogen-bond acceptors (Lipinski definition) is 5. The molecule has 33 heavy (non-hydrogen) atoms. The summed E-state index contributed by atoms with van der Waals surface area (Å²) >= 11 is 0. The molecule has 1 aromatic heterocycles. The molecule has 1 saturated heterocycles. The van der Waals surface area contributed by atoms with Gasteiger partial charge in [-0.25, -0.2) is 4.79 Å². The standard InChI is InChI=1S/C14H21N3O3.C11H12N2/c1-14(2,3)20-13(19)17-10-5-4-9(8-10)11(17)12(18)16-7-6-15;1-9-3-5-10(6-4-9)11-7-8-12-13(11)2/h9-11H,4-5,7-8H2,1-3H3,(H,16,18);3-8H,1-2H3. The molecule has 2 aromatic rings. The van der Waals surface area contributed by atoms with Gasteiger partial charge in [-0.1, -0.05) is 29.8 Å². The molecule has 1 saturated carbocycles. The lowest BCUT2D eigenvalue weighted by atomic mass is 9.98. The van der Waals surface area contributed by atoms with E-state index in [2.05, 4.69) is 41.6 Å². The van der Waals surface area contributed by atoms with Crippen molar-refractivity contribution in [3.05, 3.63) is 42.1 Å². The van der Waals surface area contributed by atoms with Crippen molar-refractivity contribution < 1.29 is 14.3 Å². The number of nitriles is 1. The molecule has 0 spiro atoms. The minimum absolute atomic E-state index is 0.0329. The van der Waals surface area contributed by atoms with Gasteiger partial charge < -0.3 is 10.1 Å². The van der Waals surface area contributed by atoms with E-state index in [1.54, 1.807) is 4.90 Å². The first-order chi connectivity index (χ1) is 15.6. The third-order valence-electron chi connectivity index (χ3n) is 5.97. The topological polar surface area (TPSA) is 100 Å². The van der Waals surface area contributed by atoms with E-state index in [-0.39, 0.29) is 24.4 Å². The van der Waals surface area contributed by atoms with Crippen LogP contribution in [0.4, 0.5) is 4.79 Å². The minimum atomic E-state index is -0.577. The van der Waals surface area contributed by atoms with Gasteiger partial charge in [-0.3, -0.25) is 14.4 Å². The van der Waals surface area contributed by atoms with E-state index in [9.17, 15) is 9.59 Å². The van der Waals surface area contributed by atoms with Gasteiger partial charge in [-0.2, -0.15) is 10.4 Å². The van der Waals surface area contributed by atoms with E-state index in [4.69, 9.17) is 10.00 Å². The Labute approximate surface area is 195 Å². The van der Waals surface area contributed by atoms with Crippen LogP contribution in [0.3, 0.4) is 0 Å². The Bertz CT molecular complexity index is 1020. The fourth-order valence-electron chi connectivity index (χ4n) is 4.52. The van der Waals surface area contributed by atoms with E-state index in [0.29, 0.717) is 0 Å². The Morgan fingerprint density at radius 3 is 2.48 bits per heavy atom. The molecular formula is C25H33N5O3. The van der Waals surface area contributed by atoms with Crippen molar-refractivity contribution in [2.45, 2.75) is 64.6 Å². The number of carbonyl (C=O) groups excluding carboxylic acids is 2. The summed E-state index contributed by atoms with van der Waals surface area (Å²) in [6.45, 7) is 7.49. The summed E-state index contributed by atoms with van der Waals surface area (Å²) < 4.78 is 7.28. The van der Waals surface area contributed by atoms with E-state index in [0.717, 1.165) is 25.0 Å². The average molecular weight is 452 g/mol. The number of nitrogens with zero attached hydrogens (tertiary/aromatic N) is 4. The highest BCUT2D eigenvalue weighted by atomic mass is 16.6. The first-order valence-electron chi connectivity index (χ1n) is 11.3. The molecule has 2 amide bonds. The summed E-state index contributed by atoms with van der Waals surface area (Å²) in [6.07, 6.45) is 4.11. The summed E-state index contributed by atoms with van der Waals surface area (Å²) in [5.41, 5.74) is 3.07. The van der Waals surface area contributed by atoms with Crippen LogP contribution in [-0.4, -0.2) is 50.9 Å². The van der Waals surface area contributed by atoms with Crippen LogP contribution in [0.15, 0.2) is 36.5 Å². The van der Waals surface area contributed by atoms with E-state index < -0.39 is 17.7 Å². The number of rotatable bonds is 3. The molecular weight excluding hydrogens is 418 g/mol. The summed E-state index contributed by atoms with van der Waals surface area (Å²) in [7, 11) is 1.95. The molecule has 1 aliphatic heterocycles. The Kier molecular flexibility index (Phi) is 7.42. The monoisotopic (exact) mass is 451 g/mol. The maximum Gasteiger partial charge on any atom is 0.411 e. The van der Waals surface area contributed by atoms with Crippen LogP contribution < -0.4 is 5.32 Å². The molecule has 3 unspecified atom stereocenters. The third-order valence-corrected chi connectivity index (χ3v) is 5.97. The molecule has 176 valence electrons. The molecule has 8 heteroatoms. The highest BCUT2D eigenvalue weighted by molar-refractivity contribution is 5.87. The van der Waals surface area contributed by atoms with Gasteiger partial charge in [0.2, 0.25) is 5.91 Å². The Hall–Kier alpha value is -3.34. The van der Waals surface area contributed by atoms with Crippen LogP contribution in [0.25, 0.3) is 11.3 Å². The molecule has 3 atom stereocenters. The second kappa shape index (κ2) is 10.1. The lowest BCUT2D eigenvalue weighted by molar-refractivity contribution is -0.127. The van der Waals surface area contributed by atoms with Gasteiger partial charge in [0.05, 0.1) is 11.8 Å². The van der Waals surface area contributed by atoms with Crippen LogP contribution in [0, 0.1) is 24.2 Å². The maximum absolute atomic E-state index is 12.3. The molecule has 1 aromatic carbocycles. The number of nitrogens with one attached hydrogen (secondary N) is 1. The maximum atomic E-state index is 12.3. The van der Waals surface area contributed by atoms with Crippen LogP contribution in [0.1, 0.15) is 45.6 Å². The van der Waals surface area contributed by atoms with Crippen molar-refractivity contribution in [3.63, 3.8) is 0 Å². The van der Waals surface area contributed by atoms with E-state index in [1.165, 1.54) is 11.1 Å². The summed E-state index contributed by atoms with van der Waals surface area (Å²) in [5.74, 6) is -0.0594. The molecule has 2 aliphatic rings. The number of hydrogen-bond donors (Lipinski definition) is 1. The number of amides is 2. The SMILES string of the molecule is CC(C)(C)OC(=O)N1C2CCC(C2)C1C(=O)NCC#N.Cc1ccc(-c2ccnn2C)cc1. The minimum Gasteiger partial charge on any atom is -0.444 e. The zero-order valence-corrected chi connectivity index (χ0v) is 20.0. The normalized spacial score (nSPS) is 21.1. The number of aromatic nitrogens is 2. The number of aryl methyl sites for hydroxylation is 2. The number of ether oxygens (including phenoxy) is 1. The molecule has 1 aliphatic carbocycles. The first kappa shape index (κ1) is 24.3. The van der Waals surface area contributed by atoms with Gasteiger partial charge in [-0.15, -0.1) is 0 Å². The summed E-state index contributed by atoms with van der Waals surface area (Å²) in [5, 5.41) is 15.2. The first-order valence-corrected chi connectivity index (χ1v) is 11.3.